The molecule has 64 valence electrons. The summed E-state index contributed by atoms with van der Waals surface area (Å²) < 4.78 is 5.24. The average Bonchev–Trinajstić information content (AvgIpc) is 2.03. The van der Waals surface area contributed by atoms with Crippen molar-refractivity contribution in [2.75, 3.05) is 7.11 Å². The summed E-state index contributed by atoms with van der Waals surface area (Å²) in [6, 6.07) is 4.14. The summed E-state index contributed by atoms with van der Waals surface area (Å²) in [5.74, 6) is 0.973. The highest BCUT2D eigenvalue weighted by Gasteiger charge is 2.02. The van der Waals surface area contributed by atoms with Gasteiger partial charge < -0.3 is 4.74 Å². The minimum atomic E-state index is 0.973. The molecule has 0 bridgehead atoms. The van der Waals surface area contributed by atoms with E-state index >= 15 is 0 Å². The van der Waals surface area contributed by atoms with Crippen LogP contribution in [0.25, 0.3) is 6.08 Å². The highest BCUT2D eigenvalue weighted by Crippen LogP contribution is 2.24. The minimum absolute atomic E-state index is 0.973. The number of hydrogen-bond acceptors (Lipinski definition) is 1. The van der Waals surface area contributed by atoms with E-state index in [1.54, 1.807) is 7.11 Å². The molecule has 12 heavy (non-hydrogen) atoms. The molecule has 0 aliphatic carbocycles. The molecule has 0 radical (unpaired) electrons. The van der Waals surface area contributed by atoms with Crippen LogP contribution in [0, 0.1) is 13.8 Å². The molecule has 0 fully saturated rings. The predicted octanol–water partition coefficient (Wildman–Crippen LogP) is 2.96. The molecule has 0 spiro atoms. The third-order valence-electron chi connectivity index (χ3n) is 1.92. The van der Waals surface area contributed by atoms with E-state index in [-0.39, 0.29) is 0 Å². The van der Waals surface area contributed by atoms with Gasteiger partial charge in [-0.25, -0.2) is 0 Å². The summed E-state index contributed by atoms with van der Waals surface area (Å²) in [6.45, 7) is 7.81. The number of aryl methyl sites for hydroxylation is 2. The molecule has 0 saturated carbocycles. The fourth-order valence-corrected chi connectivity index (χ4v) is 1.42. The van der Waals surface area contributed by atoms with E-state index in [1.807, 2.05) is 19.9 Å². The smallest absolute Gasteiger partial charge is 0.124 e. The molecule has 0 amide bonds. The van der Waals surface area contributed by atoms with Crippen molar-refractivity contribution >= 4 is 6.08 Å². The van der Waals surface area contributed by atoms with E-state index in [9.17, 15) is 0 Å². The zero-order valence-corrected chi connectivity index (χ0v) is 7.85. The molecule has 0 aromatic heterocycles. The van der Waals surface area contributed by atoms with Crippen LogP contribution in [0.15, 0.2) is 18.7 Å². The maximum atomic E-state index is 5.24. The molecule has 1 aromatic carbocycles. The van der Waals surface area contributed by atoms with Crippen LogP contribution in [0.1, 0.15) is 16.7 Å². The number of methoxy groups -OCH3 is 1. The Labute approximate surface area is 73.7 Å². The second kappa shape index (κ2) is 3.44. The monoisotopic (exact) mass is 162 g/mol. The number of ether oxygens (including phenoxy) is 1. The quantitative estimate of drug-likeness (QED) is 0.649. The maximum Gasteiger partial charge on any atom is 0.124 e. The van der Waals surface area contributed by atoms with Crippen LogP contribution in [-0.4, -0.2) is 7.11 Å². The molecule has 0 N–H and O–H groups in total. The molecule has 0 aliphatic rings. The third-order valence-corrected chi connectivity index (χ3v) is 1.92. The molecule has 1 heteroatoms. The van der Waals surface area contributed by atoms with Crippen LogP contribution in [0.3, 0.4) is 0 Å². The Morgan fingerprint density at radius 3 is 2.08 bits per heavy atom. The van der Waals surface area contributed by atoms with Gasteiger partial charge in [0.1, 0.15) is 5.75 Å². The molecular weight excluding hydrogens is 148 g/mol. The second-order valence-electron chi connectivity index (χ2n) is 2.89. The highest BCUT2D eigenvalue weighted by atomic mass is 16.5. The van der Waals surface area contributed by atoms with E-state index in [2.05, 4.69) is 18.7 Å². The van der Waals surface area contributed by atoms with E-state index < -0.39 is 0 Å². The van der Waals surface area contributed by atoms with Gasteiger partial charge in [-0.15, -0.1) is 0 Å². The Balaban J connectivity index is 3.27. The lowest BCUT2D eigenvalue weighted by Crippen LogP contribution is -1.91. The summed E-state index contributed by atoms with van der Waals surface area (Å²) in [6.07, 6.45) is 1.85. The fourth-order valence-electron chi connectivity index (χ4n) is 1.42. The molecular formula is C11H14O. The summed E-state index contributed by atoms with van der Waals surface area (Å²) in [7, 11) is 1.70. The first-order chi connectivity index (χ1) is 5.69. The van der Waals surface area contributed by atoms with Gasteiger partial charge in [0.05, 0.1) is 7.11 Å². The topological polar surface area (TPSA) is 9.23 Å². The third kappa shape index (κ3) is 1.50. The minimum Gasteiger partial charge on any atom is -0.496 e. The van der Waals surface area contributed by atoms with Crippen LogP contribution in [-0.2, 0) is 0 Å². The van der Waals surface area contributed by atoms with Crippen molar-refractivity contribution in [3.63, 3.8) is 0 Å². The van der Waals surface area contributed by atoms with Crippen molar-refractivity contribution in [2.24, 2.45) is 0 Å². The average molecular weight is 162 g/mol. The molecule has 0 atom stereocenters. The second-order valence-corrected chi connectivity index (χ2v) is 2.89. The predicted molar refractivity (Wildman–Crippen MR) is 52.6 cm³/mol. The van der Waals surface area contributed by atoms with Gasteiger partial charge in [-0.2, -0.15) is 0 Å². The Morgan fingerprint density at radius 2 is 1.75 bits per heavy atom. The zero-order chi connectivity index (χ0) is 9.14. The fraction of sp³-hybridized carbons (Fsp3) is 0.273. The van der Waals surface area contributed by atoms with Gasteiger partial charge in [0, 0.05) is 0 Å². The van der Waals surface area contributed by atoms with Gasteiger partial charge in [-0.3, -0.25) is 0 Å². The Bertz CT molecular complexity index is 277. The molecule has 1 rings (SSSR count). The van der Waals surface area contributed by atoms with Crippen molar-refractivity contribution in [3.8, 4) is 5.75 Å². The van der Waals surface area contributed by atoms with Crippen molar-refractivity contribution in [3.05, 3.63) is 35.4 Å². The van der Waals surface area contributed by atoms with E-state index in [1.165, 1.54) is 0 Å². The Morgan fingerprint density at radius 1 is 1.25 bits per heavy atom. The lowest BCUT2D eigenvalue weighted by Gasteiger charge is -2.08. The van der Waals surface area contributed by atoms with Crippen molar-refractivity contribution in [2.45, 2.75) is 13.8 Å². The molecule has 0 aliphatic heterocycles. The number of benzene rings is 1. The van der Waals surface area contributed by atoms with Crippen molar-refractivity contribution < 1.29 is 4.74 Å². The maximum absolute atomic E-state index is 5.24. The standard InChI is InChI=1S/C11H14O/c1-5-10-6-8(2)11(12-4)9(3)7-10/h5-7H,1H2,2-4H3. The lowest BCUT2D eigenvalue weighted by atomic mass is 10.1. The summed E-state index contributed by atoms with van der Waals surface area (Å²) in [5.41, 5.74) is 3.46. The van der Waals surface area contributed by atoms with Gasteiger partial charge in [0.15, 0.2) is 0 Å². The van der Waals surface area contributed by atoms with Gasteiger partial charge in [-0.1, -0.05) is 12.7 Å². The zero-order valence-electron chi connectivity index (χ0n) is 7.85. The van der Waals surface area contributed by atoms with E-state index in [0.29, 0.717) is 0 Å². The van der Waals surface area contributed by atoms with E-state index in [0.717, 1.165) is 22.4 Å². The molecule has 0 unspecified atom stereocenters. The van der Waals surface area contributed by atoms with E-state index in [4.69, 9.17) is 4.74 Å². The molecule has 1 aromatic rings. The summed E-state index contributed by atoms with van der Waals surface area (Å²) in [4.78, 5) is 0. The lowest BCUT2D eigenvalue weighted by molar-refractivity contribution is 0.408. The van der Waals surface area contributed by atoms with Crippen molar-refractivity contribution in [1.82, 2.24) is 0 Å². The Kier molecular flexibility index (Phi) is 2.54. The van der Waals surface area contributed by atoms with Gasteiger partial charge in [-0.05, 0) is 42.7 Å². The molecule has 0 heterocycles. The number of hydrogen-bond donors (Lipinski definition) is 0. The highest BCUT2D eigenvalue weighted by molar-refractivity contribution is 5.54. The number of rotatable bonds is 2. The van der Waals surface area contributed by atoms with Gasteiger partial charge >= 0.3 is 0 Å². The van der Waals surface area contributed by atoms with Crippen LogP contribution in [0.2, 0.25) is 0 Å². The first kappa shape index (κ1) is 8.85. The molecule has 1 nitrogen and oxygen atoms in total. The summed E-state index contributed by atoms with van der Waals surface area (Å²) in [5, 5.41) is 0. The summed E-state index contributed by atoms with van der Waals surface area (Å²) >= 11 is 0. The molecule has 0 saturated heterocycles. The van der Waals surface area contributed by atoms with Gasteiger partial charge in [0.25, 0.3) is 0 Å². The largest absolute Gasteiger partial charge is 0.496 e. The normalized spacial score (nSPS) is 9.58. The van der Waals surface area contributed by atoms with Crippen LogP contribution in [0.5, 0.6) is 5.75 Å². The van der Waals surface area contributed by atoms with Crippen LogP contribution < -0.4 is 4.74 Å². The van der Waals surface area contributed by atoms with Crippen LogP contribution >= 0.6 is 0 Å². The first-order valence-corrected chi connectivity index (χ1v) is 3.96. The Hall–Kier alpha value is -1.24. The van der Waals surface area contributed by atoms with Gasteiger partial charge in [0.2, 0.25) is 0 Å². The van der Waals surface area contributed by atoms with Crippen LogP contribution in [0.4, 0.5) is 0 Å². The van der Waals surface area contributed by atoms with Crippen molar-refractivity contribution in [1.29, 1.82) is 0 Å². The first-order valence-electron chi connectivity index (χ1n) is 3.96. The SMILES string of the molecule is C=Cc1cc(C)c(OC)c(C)c1.